The Labute approximate surface area is 130 Å². The third-order valence-electron chi connectivity index (χ3n) is 3.69. The number of pyridine rings is 1. The molecule has 0 aliphatic carbocycles. The summed E-state index contributed by atoms with van der Waals surface area (Å²) in [6, 6.07) is 5.31. The molecule has 1 aromatic rings. The summed E-state index contributed by atoms with van der Waals surface area (Å²) in [5, 5.41) is 0. The predicted molar refractivity (Wildman–Crippen MR) is 86.0 cm³/mol. The van der Waals surface area contributed by atoms with Gasteiger partial charge in [-0.15, -0.1) is 0 Å². The molecule has 0 radical (unpaired) electrons. The third-order valence-corrected chi connectivity index (χ3v) is 6.52. The Morgan fingerprint density at radius 3 is 2.05 bits per heavy atom. The first-order valence-corrected chi connectivity index (χ1v) is 9.62. The highest BCUT2D eigenvalue weighted by Gasteiger charge is 2.36. The van der Waals surface area contributed by atoms with E-state index in [1.165, 1.54) is 5.56 Å². The normalized spacial score (nSPS) is 12.1. The molecule has 0 unspecified atom stereocenters. The van der Waals surface area contributed by atoms with Crippen molar-refractivity contribution in [2.75, 3.05) is 21.3 Å². The lowest BCUT2D eigenvalue weighted by Gasteiger charge is -2.23. The van der Waals surface area contributed by atoms with Crippen LogP contribution in [0.2, 0.25) is 6.04 Å². The lowest BCUT2D eigenvalue weighted by atomic mass is 10.0. The molecule has 1 aromatic heterocycles. The summed E-state index contributed by atoms with van der Waals surface area (Å²) in [6.07, 6.45) is 7.63. The van der Waals surface area contributed by atoms with Crippen molar-refractivity contribution in [1.82, 2.24) is 0 Å². The fourth-order valence-electron chi connectivity index (χ4n) is 2.44. The van der Waals surface area contributed by atoms with Gasteiger partial charge in [-0.25, -0.2) is 4.57 Å². The highest BCUT2D eigenvalue weighted by molar-refractivity contribution is 6.60. The molecule has 4 nitrogen and oxygen atoms in total. The summed E-state index contributed by atoms with van der Waals surface area (Å²) in [4.78, 5) is 0. The molecule has 0 aliphatic heterocycles. The van der Waals surface area contributed by atoms with E-state index in [0.29, 0.717) is 5.92 Å². The number of rotatable bonds is 10. The second-order valence-corrected chi connectivity index (χ2v) is 8.89. The van der Waals surface area contributed by atoms with E-state index < -0.39 is 8.80 Å². The van der Waals surface area contributed by atoms with Crippen molar-refractivity contribution >= 4 is 8.80 Å². The maximum absolute atomic E-state index is 5.43. The molecule has 120 valence electrons. The first kappa shape index (κ1) is 18.3. The number of hydrogen-bond acceptors (Lipinski definition) is 3. The largest absolute Gasteiger partial charge is 0.500 e. The van der Waals surface area contributed by atoms with Crippen LogP contribution in [0.3, 0.4) is 0 Å². The molecule has 0 N–H and O–H groups in total. The van der Waals surface area contributed by atoms with Crippen LogP contribution >= 0.6 is 0 Å². The van der Waals surface area contributed by atoms with Crippen LogP contribution in [0.4, 0.5) is 0 Å². The molecule has 0 fully saturated rings. The number of hydrogen-bond donors (Lipinski definition) is 0. The summed E-state index contributed by atoms with van der Waals surface area (Å²) >= 11 is 0. The predicted octanol–water partition coefficient (Wildman–Crippen LogP) is 2.83. The third kappa shape index (κ3) is 6.26. The van der Waals surface area contributed by atoms with E-state index in [1.807, 2.05) is 0 Å². The van der Waals surface area contributed by atoms with Crippen molar-refractivity contribution in [3.8, 4) is 0 Å². The Kier molecular flexibility index (Phi) is 8.10. The molecule has 0 amide bonds. The van der Waals surface area contributed by atoms with E-state index in [0.717, 1.165) is 31.9 Å². The summed E-state index contributed by atoms with van der Waals surface area (Å²) in [6.45, 7) is 5.51. The molecule has 1 heterocycles. The van der Waals surface area contributed by atoms with Gasteiger partial charge >= 0.3 is 8.80 Å². The van der Waals surface area contributed by atoms with Gasteiger partial charge in [-0.3, -0.25) is 0 Å². The molecule has 0 aliphatic rings. The van der Waals surface area contributed by atoms with Crippen molar-refractivity contribution in [3.63, 3.8) is 0 Å². The van der Waals surface area contributed by atoms with Gasteiger partial charge in [-0.05, 0) is 24.3 Å². The van der Waals surface area contributed by atoms with Crippen LogP contribution in [-0.4, -0.2) is 30.1 Å². The van der Waals surface area contributed by atoms with Crippen LogP contribution in [0.1, 0.15) is 32.3 Å². The molecular formula is C16H30NO3Si+. The average molecular weight is 313 g/mol. The molecule has 5 heteroatoms. The Bertz CT molecular complexity index is 383. The van der Waals surface area contributed by atoms with Crippen molar-refractivity contribution < 1.29 is 17.8 Å². The SMILES string of the molecule is CO[Si](CCCC[n+]1ccc(CC(C)C)cc1)(OC)OC. The summed E-state index contributed by atoms with van der Waals surface area (Å²) in [5.41, 5.74) is 1.41. The first-order valence-electron chi connectivity index (χ1n) is 7.68. The van der Waals surface area contributed by atoms with E-state index in [2.05, 4.69) is 42.9 Å². The Morgan fingerprint density at radius 1 is 1.00 bits per heavy atom. The zero-order chi connectivity index (χ0) is 15.7. The van der Waals surface area contributed by atoms with E-state index in [1.54, 1.807) is 21.3 Å². The smallest absolute Gasteiger partial charge is 0.377 e. The van der Waals surface area contributed by atoms with Crippen LogP contribution in [0.15, 0.2) is 24.5 Å². The van der Waals surface area contributed by atoms with Gasteiger partial charge in [-0.1, -0.05) is 13.8 Å². The zero-order valence-corrected chi connectivity index (χ0v) is 15.1. The summed E-state index contributed by atoms with van der Waals surface area (Å²) in [7, 11) is 2.61. The van der Waals surface area contributed by atoms with Gasteiger partial charge in [0.25, 0.3) is 0 Å². The average Bonchev–Trinajstić information content (AvgIpc) is 2.49. The fraction of sp³-hybridized carbons (Fsp3) is 0.688. The van der Waals surface area contributed by atoms with E-state index in [-0.39, 0.29) is 0 Å². The van der Waals surface area contributed by atoms with Gasteiger partial charge in [0.05, 0.1) is 0 Å². The maximum atomic E-state index is 5.43. The van der Waals surface area contributed by atoms with Gasteiger partial charge in [0.1, 0.15) is 6.54 Å². The molecule has 0 bridgehead atoms. The fourth-order valence-corrected chi connectivity index (χ4v) is 4.23. The van der Waals surface area contributed by atoms with Crippen molar-refractivity contribution in [3.05, 3.63) is 30.1 Å². The van der Waals surface area contributed by atoms with Gasteiger partial charge in [0.2, 0.25) is 0 Å². The van der Waals surface area contributed by atoms with E-state index in [4.69, 9.17) is 13.3 Å². The lowest BCUT2D eigenvalue weighted by Crippen LogP contribution is -2.42. The number of aryl methyl sites for hydroxylation is 1. The van der Waals surface area contributed by atoms with Crippen molar-refractivity contribution in [2.24, 2.45) is 5.92 Å². The highest BCUT2D eigenvalue weighted by Crippen LogP contribution is 2.16. The van der Waals surface area contributed by atoms with E-state index in [9.17, 15) is 0 Å². The minimum atomic E-state index is -2.39. The van der Waals surface area contributed by atoms with Gasteiger partial charge < -0.3 is 13.3 Å². The Balaban J connectivity index is 2.35. The molecule has 0 saturated heterocycles. The van der Waals surface area contributed by atoms with Gasteiger partial charge in [-0.2, -0.15) is 0 Å². The monoisotopic (exact) mass is 312 g/mol. The summed E-state index contributed by atoms with van der Waals surface area (Å²) < 4.78 is 18.5. The molecule has 0 spiro atoms. The van der Waals surface area contributed by atoms with Crippen LogP contribution in [0.25, 0.3) is 0 Å². The molecule has 21 heavy (non-hydrogen) atoms. The van der Waals surface area contributed by atoms with Crippen LogP contribution < -0.4 is 4.57 Å². The maximum Gasteiger partial charge on any atom is 0.500 e. The van der Waals surface area contributed by atoms with Crippen LogP contribution in [0.5, 0.6) is 0 Å². The number of unbranched alkanes of at least 4 members (excludes halogenated alkanes) is 1. The molecule has 0 aromatic carbocycles. The highest BCUT2D eigenvalue weighted by atomic mass is 28.4. The first-order chi connectivity index (χ1) is 10.0. The molecule has 0 saturated carbocycles. The Hall–Kier alpha value is -0.753. The van der Waals surface area contributed by atoms with Crippen LogP contribution in [-0.2, 0) is 26.2 Å². The van der Waals surface area contributed by atoms with Crippen molar-refractivity contribution in [1.29, 1.82) is 0 Å². The Morgan fingerprint density at radius 2 is 1.57 bits per heavy atom. The minimum Gasteiger partial charge on any atom is -0.377 e. The second kappa shape index (κ2) is 9.30. The van der Waals surface area contributed by atoms with Crippen molar-refractivity contribution in [2.45, 2.75) is 45.7 Å². The number of aromatic nitrogens is 1. The number of nitrogens with zero attached hydrogens (tertiary/aromatic N) is 1. The molecule has 0 atom stereocenters. The standard InChI is InChI=1S/C16H30NO3Si/c1-15(2)14-16-8-11-17(12-9-16)10-6-7-13-21(18-3,19-4)20-5/h8-9,11-12,15H,6-7,10,13-14H2,1-5H3/q+1. The van der Waals surface area contributed by atoms with Crippen LogP contribution in [0, 0.1) is 5.92 Å². The topological polar surface area (TPSA) is 31.6 Å². The molecular weight excluding hydrogens is 282 g/mol. The van der Waals surface area contributed by atoms with E-state index >= 15 is 0 Å². The zero-order valence-electron chi connectivity index (χ0n) is 14.1. The molecule has 1 rings (SSSR count). The second-order valence-electron chi connectivity index (χ2n) is 5.79. The lowest BCUT2D eigenvalue weighted by molar-refractivity contribution is -0.697. The van der Waals surface area contributed by atoms with Gasteiger partial charge in [0.15, 0.2) is 12.4 Å². The summed E-state index contributed by atoms with van der Waals surface area (Å²) in [5.74, 6) is 0.705. The minimum absolute atomic E-state index is 0.705. The van der Waals surface area contributed by atoms with Gasteiger partial charge in [0, 0.05) is 45.9 Å². The quantitative estimate of drug-likeness (QED) is 0.378.